The number of hydrogen-bond donors (Lipinski definition) is 1. The van der Waals surface area contributed by atoms with Gasteiger partial charge in [-0.3, -0.25) is 14.5 Å². The van der Waals surface area contributed by atoms with Gasteiger partial charge in [0.15, 0.2) is 0 Å². The first kappa shape index (κ1) is 16.8. The molecule has 5 nitrogen and oxygen atoms in total. The molecule has 6 heteroatoms. The summed E-state index contributed by atoms with van der Waals surface area (Å²) >= 11 is 1.74. The maximum absolute atomic E-state index is 12.3. The van der Waals surface area contributed by atoms with Crippen LogP contribution >= 0.6 is 11.8 Å². The zero-order chi connectivity index (χ0) is 15.0. The molecule has 0 spiro atoms. The molecule has 0 saturated carbocycles. The molecular weight excluding hydrogens is 276 g/mol. The van der Waals surface area contributed by atoms with Crippen LogP contribution in [0.1, 0.15) is 6.42 Å². The normalized spacial score (nSPS) is 19.3. The number of thioether (sulfide) groups is 1. The molecule has 1 N–H and O–H groups in total. The van der Waals surface area contributed by atoms with E-state index in [9.17, 15) is 9.59 Å². The molecule has 1 aliphatic rings. The molecule has 1 heterocycles. The van der Waals surface area contributed by atoms with E-state index in [2.05, 4.69) is 13.2 Å². The number of nitrogens with zero attached hydrogens (tertiary/aromatic N) is 2. The lowest BCUT2D eigenvalue weighted by molar-refractivity contribution is -0.139. The molecule has 1 unspecified atom stereocenters. The van der Waals surface area contributed by atoms with Gasteiger partial charge in [0.2, 0.25) is 5.91 Å². The number of hydrogen-bond acceptors (Lipinski definition) is 4. The maximum atomic E-state index is 12.3. The second-order valence-corrected chi connectivity index (χ2v) is 5.82. The van der Waals surface area contributed by atoms with Crippen LogP contribution in [0, 0.1) is 0 Å². The molecule has 1 atom stereocenters. The summed E-state index contributed by atoms with van der Waals surface area (Å²) in [6.45, 7) is 9.27. The van der Waals surface area contributed by atoms with Gasteiger partial charge >= 0.3 is 5.97 Å². The van der Waals surface area contributed by atoms with Crippen molar-refractivity contribution in [3.8, 4) is 0 Å². The minimum Gasteiger partial charge on any atom is -0.481 e. The molecule has 0 radical (unpaired) electrons. The predicted octanol–water partition coefficient (Wildman–Crippen LogP) is 1.08. The Bertz CT molecular complexity index is 363. The minimum absolute atomic E-state index is 0.00733. The van der Waals surface area contributed by atoms with E-state index in [1.807, 2.05) is 4.90 Å². The molecule has 20 heavy (non-hydrogen) atoms. The van der Waals surface area contributed by atoms with E-state index in [1.54, 1.807) is 28.8 Å². The Kier molecular flexibility index (Phi) is 7.40. The third-order valence-corrected chi connectivity index (χ3v) is 4.24. The van der Waals surface area contributed by atoms with Crippen LogP contribution in [0.2, 0.25) is 0 Å². The lowest BCUT2D eigenvalue weighted by Gasteiger charge is -2.35. The van der Waals surface area contributed by atoms with Crippen molar-refractivity contribution in [1.29, 1.82) is 0 Å². The molecule has 0 aliphatic carbocycles. The fourth-order valence-electron chi connectivity index (χ4n) is 2.15. The smallest absolute Gasteiger partial charge is 0.304 e. The first-order chi connectivity index (χ1) is 9.58. The number of carboxylic acid groups (broad SMARTS) is 1. The van der Waals surface area contributed by atoms with Crippen molar-refractivity contribution in [3.63, 3.8) is 0 Å². The van der Waals surface area contributed by atoms with E-state index < -0.39 is 5.97 Å². The summed E-state index contributed by atoms with van der Waals surface area (Å²) < 4.78 is 0. The van der Waals surface area contributed by atoms with Crippen molar-refractivity contribution < 1.29 is 14.7 Å². The standard InChI is InChI=1S/C14H22N2O3S/c1-3-5-15(6-4-2)13(17)10-16-7-8-20-11-12(16)9-14(18)19/h3-4,12H,1-2,5-11H2,(H,18,19). The van der Waals surface area contributed by atoms with E-state index in [1.165, 1.54) is 0 Å². The monoisotopic (exact) mass is 298 g/mol. The number of amides is 1. The fourth-order valence-corrected chi connectivity index (χ4v) is 3.28. The second-order valence-electron chi connectivity index (χ2n) is 4.67. The van der Waals surface area contributed by atoms with Crippen molar-refractivity contribution in [2.24, 2.45) is 0 Å². The third kappa shape index (κ3) is 5.38. The van der Waals surface area contributed by atoms with Crippen molar-refractivity contribution in [2.75, 3.05) is 37.7 Å². The summed E-state index contributed by atoms with van der Waals surface area (Å²) in [7, 11) is 0. The number of carbonyl (C=O) groups excluding carboxylic acids is 1. The lowest BCUT2D eigenvalue weighted by atomic mass is 10.2. The van der Waals surface area contributed by atoms with Crippen LogP contribution < -0.4 is 0 Å². The molecule has 0 aromatic rings. The van der Waals surface area contributed by atoms with Crippen molar-refractivity contribution >= 4 is 23.6 Å². The summed E-state index contributed by atoms with van der Waals surface area (Å²) in [6, 6.07) is -0.0653. The highest BCUT2D eigenvalue weighted by molar-refractivity contribution is 7.99. The highest BCUT2D eigenvalue weighted by atomic mass is 32.2. The van der Waals surface area contributed by atoms with Crippen LogP contribution in [-0.4, -0.2) is 70.5 Å². The molecule has 1 fully saturated rings. The Morgan fingerprint density at radius 2 is 2.00 bits per heavy atom. The van der Waals surface area contributed by atoms with Gasteiger partial charge < -0.3 is 10.0 Å². The number of carbonyl (C=O) groups is 2. The summed E-state index contributed by atoms with van der Waals surface area (Å²) in [5, 5.41) is 8.94. The Balaban J connectivity index is 2.61. The van der Waals surface area contributed by atoms with Gasteiger partial charge in [0.25, 0.3) is 0 Å². The topological polar surface area (TPSA) is 60.9 Å². The first-order valence-electron chi connectivity index (χ1n) is 6.61. The van der Waals surface area contributed by atoms with Gasteiger partial charge in [0.05, 0.1) is 13.0 Å². The van der Waals surface area contributed by atoms with Gasteiger partial charge in [-0.25, -0.2) is 0 Å². The highest BCUT2D eigenvalue weighted by Crippen LogP contribution is 2.19. The second kappa shape index (κ2) is 8.81. The molecule has 112 valence electrons. The molecule has 1 rings (SSSR count). The van der Waals surface area contributed by atoms with E-state index in [0.717, 1.165) is 18.1 Å². The zero-order valence-corrected chi connectivity index (χ0v) is 12.5. The van der Waals surface area contributed by atoms with Crippen LogP contribution in [0.5, 0.6) is 0 Å². The summed E-state index contributed by atoms with van der Waals surface area (Å²) in [4.78, 5) is 26.8. The van der Waals surface area contributed by atoms with Crippen LogP contribution in [-0.2, 0) is 9.59 Å². The molecular formula is C14H22N2O3S. The summed E-state index contributed by atoms with van der Waals surface area (Å²) in [6.07, 6.45) is 3.45. The van der Waals surface area contributed by atoms with E-state index in [-0.39, 0.29) is 24.9 Å². The summed E-state index contributed by atoms with van der Waals surface area (Å²) in [5.41, 5.74) is 0. The SMILES string of the molecule is C=CCN(CC=C)C(=O)CN1CCSCC1CC(=O)O. The zero-order valence-electron chi connectivity index (χ0n) is 11.7. The van der Waals surface area contributed by atoms with Crippen molar-refractivity contribution in [1.82, 2.24) is 9.80 Å². The van der Waals surface area contributed by atoms with Crippen molar-refractivity contribution in [2.45, 2.75) is 12.5 Å². The Labute approximate surface area is 124 Å². The third-order valence-electron chi connectivity index (χ3n) is 3.15. The van der Waals surface area contributed by atoms with E-state index in [4.69, 9.17) is 5.11 Å². The Morgan fingerprint density at radius 1 is 1.35 bits per heavy atom. The highest BCUT2D eigenvalue weighted by Gasteiger charge is 2.27. The van der Waals surface area contributed by atoms with Crippen LogP contribution in [0.25, 0.3) is 0 Å². The quantitative estimate of drug-likeness (QED) is 0.680. The van der Waals surface area contributed by atoms with Gasteiger partial charge in [-0.05, 0) is 0 Å². The lowest BCUT2D eigenvalue weighted by Crippen LogP contribution is -2.49. The maximum Gasteiger partial charge on any atom is 0.304 e. The van der Waals surface area contributed by atoms with Gasteiger partial charge in [0, 0.05) is 37.2 Å². The average Bonchev–Trinajstić information content (AvgIpc) is 2.40. The largest absolute Gasteiger partial charge is 0.481 e. The number of rotatable bonds is 8. The van der Waals surface area contributed by atoms with Gasteiger partial charge in [0.1, 0.15) is 0 Å². The van der Waals surface area contributed by atoms with E-state index >= 15 is 0 Å². The van der Waals surface area contributed by atoms with Crippen molar-refractivity contribution in [3.05, 3.63) is 25.3 Å². The van der Waals surface area contributed by atoms with Gasteiger partial charge in [-0.2, -0.15) is 11.8 Å². The molecule has 0 aromatic heterocycles. The van der Waals surface area contributed by atoms with Crippen LogP contribution in [0.4, 0.5) is 0 Å². The average molecular weight is 298 g/mol. The molecule has 0 aromatic carbocycles. The predicted molar refractivity (Wildman–Crippen MR) is 81.9 cm³/mol. The first-order valence-corrected chi connectivity index (χ1v) is 7.77. The molecule has 1 saturated heterocycles. The number of aliphatic carboxylic acids is 1. The molecule has 1 amide bonds. The molecule has 1 aliphatic heterocycles. The van der Waals surface area contributed by atoms with Gasteiger partial charge in [-0.15, -0.1) is 13.2 Å². The Hall–Kier alpha value is -1.27. The summed E-state index contributed by atoms with van der Waals surface area (Å²) in [5.74, 6) is 0.880. The Morgan fingerprint density at radius 3 is 2.55 bits per heavy atom. The number of carboxylic acids is 1. The molecule has 0 bridgehead atoms. The van der Waals surface area contributed by atoms with Gasteiger partial charge in [-0.1, -0.05) is 12.2 Å². The van der Waals surface area contributed by atoms with Crippen LogP contribution in [0.15, 0.2) is 25.3 Å². The minimum atomic E-state index is -0.816. The van der Waals surface area contributed by atoms with Crippen LogP contribution in [0.3, 0.4) is 0 Å². The van der Waals surface area contributed by atoms with E-state index in [0.29, 0.717) is 13.1 Å². The fraction of sp³-hybridized carbons (Fsp3) is 0.571.